The number of aryl methyl sites for hydroxylation is 2. The lowest BCUT2D eigenvalue weighted by molar-refractivity contribution is -0.384. The van der Waals surface area contributed by atoms with Crippen molar-refractivity contribution < 1.29 is 19.1 Å². The molecule has 1 heterocycles. The maximum absolute atomic E-state index is 11.2. The largest absolute Gasteiger partial charge is 0.496 e. The van der Waals surface area contributed by atoms with Crippen LogP contribution in [0.3, 0.4) is 0 Å². The molecule has 2 rings (SSSR count). The number of hydrogen-bond acceptors (Lipinski definition) is 7. The molecule has 0 aliphatic heterocycles. The highest BCUT2D eigenvalue weighted by Crippen LogP contribution is 2.35. The zero-order valence-electron chi connectivity index (χ0n) is 14.2. The van der Waals surface area contributed by atoms with E-state index in [4.69, 9.17) is 14.2 Å². The minimum atomic E-state index is -0.448. The van der Waals surface area contributed by atoms with E-state index in [1.165, 1.54) is 18.9 Å². The molecule has 0 atom stereocenters. The summed E-state index contributed by atoms with van der Waals surface area (Å²) in [5, 5.41) is 18.4. The molecule has 0 saturated carbocycles. The van der Waals surface area contributed by atoms with Crippen LogP contribution in [-0.2, 0) is 13.6 Å². The first-order chi connectivity index (χ1) is 11.4. The van der Waals surface area contributed by atoms with Crippen molar-refractivity contribution in [2.45, 2.75) is 13.5 Å². The van der Waals surface area contributed by atoms with E-state index < -0.39 is 4.92 Å². The fourth-order valence-electron chi connectivity index (χ4n) is 2.47. The van der Waals surface area contributed by atoms with Crippen LogP contribution in [0.15, 0.2) is 12.1 Å². The number of hydrogen-bond donors (Lipinski definition) is 1. The molecule has 1 aromatic heterocycles. The number of methoxy groups -OCH3 is 3. The molecule has 0 spiro atoms. The second kappa shape index (κ2) is 7.07. The maximum Gasteiger partial charge on any atom is 0.333 e. The molecular formula is C15H20N4O5. The maximum atomic E-state index is 11.2. The normalized spacial score (nSPS) is 10.4. The molecular weight excluding hydrogens is 316 g/mol. The van der Waals surface area contributed by atoms with Crippen molar-refractivity contribution in [1.82, 2.24) is 9.78 Å². The van der Waals surface area contributed by atoms with Gasteiger partial charge in [0.05, 0.1) is 26.3 Å². The summed E-state index contributed by atoms with van der Waals surface area (Å²) in [7, 11) is 6.27. The average Bonchev–Trinajstić information content (AvgIpc) is 2.85. The summed E-state index contributed by atoms with van der Waals surface area (Å²) >= 11 is 0. The second-order valence-electron chi connectivity index (χ2n) is 5.04. The van der Waals surface area contributed by atoms with Crippen LogP contribution >= 0.6 is 0 Å². The van der Waals surface area contributed by atoms with Gasteiger partial charge in [0.1, 0.15) is 11.4 Å². The van der Waals surface area contributed by atoms with Crippen molar-refractivity contribution in [3.8, 4) is 17.2 Å². The summed E-state index contributed by atoms with van der Waals surface area (Å²) in [5.41, 5.74) is 1.07. The van der Waals surface area contributed by atoms with E-state index in [0.717, 1.165) is 5.56 Å². The van der Waals surface area contributed by atoms with Crippen molar-refractivity contribution in [3.05, 3.63) is 33.5 Å². The summed E-state index contributed by atoms with van der Waals surface area (Å²) in [6.07, 6.45) is 0. The van der Waals surface area contributed by atoms with E-state index in [1.54, 1.807) is 33.2 Å². The van der Waals surface area contributed by atoms with Gasteiger partial charge in [-0.3, -0.25) is 10.1 Å². The SMILES string of the molecule is COc1cc(OC)c(OC)cc1CNc1c([N+](=O)[O-])c(C)nn1C. The summed E-state index contributed by atoms with van der Waals surface area (Å²) in [5.74, 6) is 2.00. The molecule has 1 aromatic carbocycles. The zero-order chi connectivity index (χ0) is 17.9. The van der Waals surface area contributed by atoms with Crippen LogP contribution in [0.1, 0.15) is 11.3 Å². The lowest BCUT2D eigenvalue weighted by atomic mass is 10.1. The Morgan fingerprint density at radius 1 is 1.17 bits per heavy atom. The number of ether oxygens (including phenoxy) is 3. The molecule has 130 valence electrons. The smallest absolute Gasteiger partial charge is 0.333 e. The molecule has 0 fully saturated rings. The average molecular weight is 336 g/mol. The van der Waals surface area contributed by atoms with Gasteiger partial charge in [0.15, 0.2) is 11.5 Å². The van der Waals surface area contributed by atoms with Gasteiger partial charge >= 0.3 is 5.69 Å². The third-order valence-electron chi connectivity index (χ3n) is 3.61. The number of nitrogens with one attached hydrogen (secondary N) is 1. The topological polar surface area (TPSA) is 101 Å². The lowest BCUT2D eigenvalue weighted by Gasteiger charge is -2.15. The molecule has 0 bridgehead atoms. The third-order valence-corrected chi connectivity index (χ3v) is 3.61. The number of rotatable bonds is 7. The van der Waals surface area contributed by atoms with E-state index in [2.05, 4.69) is 10.4 Å². The van der Waals surface area contributed by atoms with Crippen LogP contribution < -0.4 is 19.5 Å². The number of benzene rings is 1. The van der Waals surface area contributed by atoms with Crippen LogP contribution in [0.5, 0.6) is 17.2 Å². The van der Waals surface area contributed by atoms with E-state index in [-0.39, 0.29) is 5.69 Å². The van der Waals surface area contributed by atoms with Gasteiger partial charge < -0.3 is 19.5 Å². The van der Waals surface area contributed by atoms with Gasteiger partial charge in [0.2, 0.25) is 5.82 Å². The highest BCUT2D eigenvalue weighted by atomic mass is 16.6. The van der Waals surface area contributed by atoms with Crippen LogP contribution in [0.4, 0.5) is 11.5 Å². The number of nitrogens with zero attached hydrogens (tertiary/aromatic N) is 3. The first kappa shape index (κ1) is 17.4. The Kier molecular flexibility index (Phi) is 5.12. The van der Waals surface area contributed by atoms with Crippen molar-refractivity contribution in [2.75, 3.05) is 26.6 Å². The quantitative estimate of drug-likeness (QED) is 0.611. The van der Waals surface area contributed by atoms with Crippen molar-refractivity contribution >= 4 is 11.5 Å². The minimum Gasteiger partial charge on any atom is -0.496 e. The van der Waals surface area contributed by atoms with Gasteiger partial charge in [0.25, 0.3) is 0 Å². The summed E-state index contributed by atoms with van der Waals surface area (Å²) in [6.45, 7) is 1.89. The van der Waals surface area contributed by atoms with Crippen molar-refractivity contribution in [2.24, 2.45) is 7.05 Å². The first-order valence-corrected chi connectivity index (χ1v) is 7.13. The fourth-order valence-corrected chi connectivity index (χ4v) is 2.47. The van der Waals surface area contributed by atoms with Gasteiger partial charge in [0, 0.05) is 25.2 Å². The summed E-state index contributed by atoms with van der Waals surface area (Å²) in [4.78, 5) is 10.8. The molecule has 0 aliphatic carbocycles. The summed E-state index contributed by atoms with van der Waals surface area (Å²) in [6, 6.07) is 3.47. The van der Waals surface area contributed by atoms with Gasteiger partial charge in [-0.2, -0.15) is 5.10 Å². The minimum absolute atomic E-state index is 0.0445. The molecule has 1 N–H and O–H groups in total. The van der Waals surface area contributed by atoms with Crippen LogP contribution in [0.25, 0.3) is 0 Å². The molecule has 0 aliphatic rings. The Morgan fingerprint density at radius 3 is 2.29 bits per heavy atom. The first-order valence-electron chi connectivity index (χ1n) is 7.13. The van der Waals surface area contributed by atoms with Crippen LogP contribution in [-0.4, -0.2) is 36.0 Å². The Labute approximate surface area is 139 Å². The molecule has 2 aromatic rings. The Morgan fingerprint density at radius 2 is 1.75 bits per heavy atom. The summed E-state index contributed by atoms with van der Waals surface area (Å²) < 4.78 is 17.3. The molecule has 0 amide bonds. The second-order valence-corrected chi connectivity index (χ2v) is 5.04. The third kappa shape index (κ3) is 3.19. The number of anilines is 1. The fraction of sp³-hybridized carbons (Fsp3) is 0.400. The van der Waals surface area contributed by atoms with Gasteiger partial charge in [-0.15, -0.1) is 0 Å². The van der Waals surface area contributed by atoms with Gasteiger partial charge in [-0.1, -0.05) is 0 Å². The number of nitro groups is 1. The molecule has 24 heavy (non-hydrogen) atoms. The highest BCUT2D eigenvalue weighted by molar-refractivity contribution is 5.60. The van der Waals surface area contributed by atoms with Crippen molar-refractivity contribution in [3.63, 3.8) is 0 Å². The van der Waals surface area contributed by atoms with E-state index >= 15 is 0 Å². The molecule has 0 radical (unpaired) electrons. The highest BCUT2D eigenvalue weighted by Gasteiger charge is 2.24. The van der Waals surface area contributed by atoms with Gasteiger partial charge in [-0.05, 0) is 13.0 Å². The molecule has 0 saturated heterocycles. The monoisotopic (exact) mass is 336 g/mol. The van der Waals surface area contributed by atoms with Crippen LogP contribution in [0, 0.1) is 17.0 Å². The Bertz CT molecular complexity index is 757. The predicted molar refractivity (Wildman–Crippen MR) is 88.0 cm³/mol. The molecule has 0 unspecified atom stereocenters. The van der Waals surface area contributed by atoms with E-state index in [1.807, 2.05) is 0 Å². The molecule has 9 heteroatoms. The standard InChI is InChI=1S/C15H20N4O5/c1-9-14(19(20)21)15(18(2)17-9)16-8-10-6-12(23-4)13(24-5)7-11(10)22-3/h6-7,16H,8H2,1-5H3. The van der Waals surface area contributed by atoms with Gasteiger partial charge in [-0.25, -0.2) is 4.68 Å². The lowest BCUT2D eigenvalue weighted by Crippen LogP contribution is -2.08. The molecule has 9 nitrogen and oxygen atoms in total. The van der Waals surface area contributed by atoms with E-state index in [9.17, 15) is 10.1 Å². The predicted octanol–water partition coefficient (Wildman–Crippen LogP) is 2.27. The van der Waals surface area contributed by atoms with Crippen molar-refractivity contribution in [1.29, 1.82) is 0 Å². The Hall–Kier alpha value is -2.97. The van der Waals surface area contributed by atoms with Crippen LogP contribution in [0.2, 0.25) is 0 Å². The Balaban J connectivity index is 2.34. The zero-order valence-corrected chi connectivity index (χ0v) is 14.2. The number of aromatic nitrogens is 2. The van der Waals surface area contributed by atoms with E-state index in [0.29, 0.717) is 35.3 Å².